The van der Waals surface area contributed by atoms with Crippen LogP contribution in [0.2, 0.25) is 0 Å². The molecule has 0 saturated carbocycles. The van der Waals surface area contributed by atoms with Crippen molar-refractivity contribution < 1.29 is 19.0 Å². The third kappa shape index (κ3) is 9.06. The summed E-state index contributed by atoms with van der Waals surface area (Å²) in [6.07, 6.45) is 7.04. The van der Waals surface area contributed by atoms with Crippen molar-refractivity contribution in [1.82, 2.24) is 4.90 Å². The molecule has 1 aliphatic rings. The van der Waals surface area contributed by atoms with Crippen LogP contribution < -0.4 is 0 Å². The SMILES string of the molecule is CCCCN(CCCC(=O)OC)CCOC1CCCCO1. The highest BCUT2D eigenvalue weighted by Gasteiger charge is 2.14. The largest absolute Gasteiger partial charge is 0.469 e. The molecule has 0 spiro atoms. The molecule has 5 heteroatoms. The Labute approximate surface area is 128 Å². The Bertz CT molecular complexity index is 267. The van der Waals surface area contributed by atoms with Gasteiger partial charge in [-0.15, -0.1) is 0 Å². The van der Waals surface area contributed by atoms with Gasteiger partial charge in [0.25, 0.3) is 0 Å². The van der Waals surface area contributed by atoms with E-state index in [0.29, 0.717) is 13.0 Å². The molecule has 0 amide bonds. The number of unbranched alkanes of at least 4 members (excludes halogenated alkanes) is 1. The van der Waals surface area contributed by atoms with Crippen LogP contribution in [0.1, 0.15) is 51.9 Å². The zero-order valence-corrected chi connectivity index (χ0v) is 13.6. The van der Waals surface area contributed by atoms with Crippen LogP contribution in [0.5, 0.6) is 0 Å². The van der Waals surface area contributed by atoms with Gasteiger partial charge in [-0.1, -0.05) is 13.3 Å². The number of carbonyl (C=O) groups excluding carboxylic acids is 1. The molecule has 0 N–H and O–H groups in total. The molecule has 5 nitrogen and oxygen atoms in total. The number of nitrogens with zero attached hydrogens (tertiary/aromatic N) is 1. The van der Waals surface area contributed by atoms with Crippen LogP contribution in [0.15, 0.2) is 0 Å². The van der Waals surface area contributed by atoms with Crippen LogP contribution in [0.4, 0.5) is 0 Å². The van der Waals surface area contributed by atoms with Gasteiger partial charge in [-0.3, -0.25) is 4.79 Å². The molecule has 124 valence electrons. The van der Waals surface area contributed by atoms with Crippen LogP contribution in [0.3, 0.4) is 0 Å². The summed E-state index contributed by atoms with van der Waals surface area (Å²) in [5.74, 6) is -0.128. The molecule has 1 rings (SSSR count). The number of hydrogen-bond donors (Lipinski definition) is 0. The van der Waals surface area contributed by atoms with Crippen LogP contribution in [0, 0.1) is 0 Å². The molecule has 0 aliphatic carbocycles. The summed E-state index contributed by atoms with van der Waals surface area (Å²) in [5.41, 5.74) is 0. The highest BCUT2D eigenvalue weighted by atomic mass is 16.7. The minimum Gasteiger partial charge on any atom is -0.469 e. The summed E-state index contributed by atoms with van der Waals surface area (Å²) in [7, 11) is 1.44. The van der Waals surface area contributed by atoms with E-state index in [2.05, 4.69) is 16.6 Å². The maximum atomic E-state index is 11.1. The Morgan fingerprint density at radius 1 is 1.24 bits per heavy atom. The van der Waals surface area contributed by atoms with Crippen molar-refractivity contribution in [3.63, 3.8) is 0 Å². The van der Waals surface area contributed by atoms with Gasteiger partial charge in [0.15, 0.2) is 6.29 Å². The number of ether oxygens (including phenoxy) is 3. The monoisotopic (exact) mass is 301 g/mol. The highest BCUT2D eigenvalue weighted by molar-refractivity contribution is 5.69. The van der Waals surface area contributed by atoms with Crippen molar-refractivity contribution in [2.45, 2.75) is 58.2 Å². The van der Waals surface area contributed by atoms with Gasteiger partial charge in [-0.2, -0.15) is 0 Å². The van der Waals surface area contributed by atoms with E-state index in [1.807, 2.05) is 0 Å². The standard InChI is InChI=1S/C16H31NO4/c1-3-4-10-17(11-7-8-15(18)19-2)12-14-21-16-9-5-6-13-20-16/h16H,3-14H2,1-2H3. The number of esters is 1. The van der Waals surface area contributed by atoms with E-state index in [1.54, 1.807) is 0 Å². The maximum Gasteiger partial charge on any atom is 0.305 e. The Hall–Kier alpha value is -0.650. The van der Waals surface area contributed by atoms with Crippen LogP contribution in [-0.4, -0.2) is 57.1 Å². The van der Waals surface area contributed by atoms with E-state index in [-0.39, 0.29) is 12.3 Å². The van der Waals surface area contributed by atoms with Crippen LogP contribution in [-0.2, 0) is 19.0 Å². The summed E-state index contributed by atoms with van der Waals surface area (Å²) in [6, 6.07) is 0. The van der Waals surface area contributed by atoms with Gasteiger partial charge in [-0.05, 0) is 45.2 Å². The van der Waals surface area contributed by atoms with Crippen molar-refractivity contribution in [2.75, 3.05) is 40.0 Å². The molecule has 1 atom stereocenters. The molecule has 0 radical (unpaired) electrons. The Morgan fingerprint density at radius 3 is 2.71 bits per heavy atom. The Balaban J connectivity index is 2.16. The predicted octanol–water partition coefficient (Wildman–Crippen LogP) is 2.58. The highest BCUT2D eigenvalue weighted by Crippen LogP contribution is 2.13. The molecule has 0 bridgehead atoms. The third-order valence-corrected chi connectivity index (χ3v) is 3.76. The van der Waals surface area contributed by atoms with Gasteiger partial charge in [0.05, 0.1) is 13.7 Å². The first kappa shape index (κ1) is 18.4. The second-order valence-electron chi connectivity index (χ2n) is 5.54. The van der Waals surface area contributed by atoms with Gasteiger partial charge in [-0.25, -0.2) is 0 Å². The molecule has 1 saturated heterocycles. The topological polar surface area (TPSA) is 48.0 Å². The van der Waals surface area contributed by atoms with Gasteiger partial charge < -0.3 is 19.1 Å². The van der Waals surface area contributed by atoms with E-state index >= 15 is 0 Å². The number of methoxy groups -OCH3 is 1. The molecule has 1 unspecified atom stereocenters. The minimum absolute atomic E-state index is 0.0122. The average molecular weight is 301 g/mol. The van der Waals surface area contributed by atoms with Crippen molar-refractivity contribution in [1.29, 1.82) is 0 Å². The fourth-order valence-corrected chi connectivity index (χ4v) is 2.42. The summed E-state index contributed by atoms with van der Waals surface area (Å²) >= 11 is 0. The first-order valence-electron chi connectivity index (χ1n) is 8.28. The molecule has 1 aliphatic heterocycles. The third-order valence-electron chi connectivity index (χ3n) is 3.76. The summed E-state index contributed by atoms with van der Waals surface area (Å²) in [4.78, 5) is 13.5. The second-order valence-corrected chi connectivity index (χ2v) is 5.54. The van der Waals surface area contributed by atoms with Gasteiger partial charge in [0, 0.05) is 19.6 Å². The first-order valence-corrected chi connectivity index (χ1v) is 8.28. The average Bonchev–Trinajstić information content (AvgIpc) is 2.52. The lowest BCUT2D eigenvalue weighted by Crippen LogP contribution is -2.32. The van der Waals surface area contributed by atoms with Crippen LogP contribution >= 0.6 is 0 Å². The Morgan fingerprint density at radius 2 is 2.05 bits per heavy atom. The molecular weight excluding hydrogens is 270 g/mol. The van der Waals surface area contributed by atoms with Crippen molar-refractivity contribution in [3.05, 3.63) is 0 Å². The van der Waals surface area contributed by atoms with Crippen molar-refractivity contribution in [3.8, 4) is 0 Å². The molecule has 0 aromatic rings. The smallest absolute Gasteiger partial charge is 0.305 e. The van der Waals surface area contributed by atoms with E-state index in [9.17, 15) is 4.79 Å². The fraction of sp³-hybridized carbons (Fsp3) is 0.938. The maximum absolute atomic E-state index is 11.1. The first-order chi connectivity index (χ1) is 10.3. The Kier molecular flexibility index (Phi) is 10.5. The molecule has 1 fully saturated rings. The summed E-state index contributed by atoms with van der Waals surface area (Å²) < 4.78 is 16.0. The lowest BCUT2D eigenvalue weighted by molar-refractivity contribution is -0.164. The molecule has 0 aromatic heterocycles. The van der Waals surface area contributed by atoms with Gasteiger partial charge >= 0.3 is 5.97 Å². The number of rotatable bonds is 11. The normalized spacial score (nSPS) is 18.9. The van der Waals surface area contributed by atoms with Crippen molar-refractivity contribution in [2.24, 2.45) is 0 Å². The number of hydrogen-bond acceptors (Lipinski definition) is 5. The zero-order valence-electron chi connectivity index (χ0n) is 13.6. The van der Waals surface area contributed by atoms with Crippen LogP contribution in [0.25, 0.3) is 0 Å². The van der Waals surface area contributed by atoms with E-state index in [4.69, 9.17) is 9.47 Å². The molecule has 1 heterocycles. The van der Waals surface area contributed by atoms with E-state index in [0.717, 1.165) is 45.5 Å². The minimum atomic E-state index is -0.128. The summed E-state index contributed by atoms with van der Waals surface area (Å²) in [6.45, 7) is 6.60. The molecule has 21 heavy (non-hydrogen) atoms. The quantitative estimate of drug-likeness (QED) is 0.549. The second kappa shape index (κ2) is 12.0. The number of carbonyl (C=O) groups is 1. The van der Waals surface area contributed by atoms with Gasteiger partial charge in [0.1, 0.15) is 0 Å². The molecule has 0 aromatic carbocycles. The summed E-state index contributed by atoms with van der Waals surface area (Å²) in [5, 5.41) is 0. The zero-order chi connectivity index (χ0) is 15.3. The predicted molar refractivity (Wildman–Crippen MR) is 82.1 cm³/mol. The van der Waals surface area contributed by atoms with E-state index < -0.39 is 0 Å². The lowest BCUT2D eigenvalue weighted by atomic mass is 10.2. The van der Waals surface area contributed by atoms with Gasteiger partial charge in [0.2, 0.25) is 0 Å². The molecular formula is C16H31NO4. The fourth-order valence-electron chi connectivity index (χ4n) is 2.42. The van der Waals surface area contributed by atoms with Crippen molar-refractivity contribution >= 4 is 5.97 Å². The van der Waals surface area contributed by atoms with E-state index in [1.165, 1.54) is 26.4 Å². The lowest BCUT2D eigenvalue weighted by Gasteiger charge is -2.26.